The third-order valence-corrected chi connectivity index (χ3v) is 2.72. The topological polar surface area (TPSA) is 49.7 Å². The standard InChI is InChI=1S/C13H10FNO2/c1-8-10-5-3-2-4-9(10)6-7-11(8)12(16)13(14)15-17/h2-7,17H,1H3. The minimum absolute atomic E-state index is 0.207. The molecule has 0 atom stereocenters. The maximum atomic E-state index is 12.9. The molecule has 0 aromatic heterocycles. The first kappa shape index (κ1) is 11.3. The zero-order valence-electron chi connectivity index (χ0n) is 9.14. The van der Waals surface area contributed by atoms with Crippen molar-refractivity contribution in [1.82, 2.24) is 0 Å². The van der Waals surface area contributed by atoms with E-state index >= 15 is 0 Å². The summed E-state index contributed by atoms with van der Waals surface area (Å²) in [5, 5.41) is 12.4. The van der Waals surface area contributed by atoms with E-state index in [9.17, 15) is 9.18 Å². The van der Waals surface area contributed by atoms with Gasteiger partial charge in [-0.1, -0.05) is 35.5 Å². The molecule has 0 saturated heterocycles. The van der Waals surface area contributed by atoms with Gasteiger partial charge in [0.25, 0.3) is 5.97 Å². The van der Waals surface area contributed by atoms with E-state index in [0.29, 0.717) is 5.56 Å². The third-order valence-electron chi connectivity index (χ3n) is 2.72. The molecular formula is C13H10FNO2. The van der Waals surface area contributed by atoms with Crippen LogP contribution in [-0.4, -0.2) is 17.0 Å². The Morgan fingerprint density at radius 1 is 1.24 bits per heavy atom. The largest absolute Gasteiger partial charge is 0.408 e. The molecule has 1 N–H and O–H groups in total. The number of carbonyl (C=O) groups is 1. The van der Waals surface area contributed by atoms with Gasteiger partial charge in [-0.05, 0) is 29.3 Å². The first-order valence-corrected chi connectivity index (χ1v) is 5.05. The summed E-state index contributed by atoms with van der Waals surface area (Å²) in [6.07, 6.45) is 0. The summed E-state index contributed by atoms with van der Waals surface area (Å²) in [6, 6.07) is 10.8. The molecule has 0 aliphatic heterocycles. The molecule has 2 rings (SSSR count). The first-order valence-electron chi connectivity index (χ1n) is 5.05. The van der Waals surface area contributed by atoms with Crippen molar-refractivity contribution >= 4 is 22.5 Å². The van der Waals surface area contributed by atoms with Crippen LogP contribution in [0.15, 0.2) is 41.6 Å². The molecule has 0 saturated carbocycles. The van der Waals surface area contributed by atoms with E-state index in [4.69, 9.17) is 5.21 Å². The van der Waals surface area contributed by atoms with E-state index in [1.807, 2.05) is 24.3 Å². The Labute approximate surface area is 97.2 Å². The van der Waals surface area contributed by atoms with Crippen LogP contribution in [0.1, 0.15) is 15.9 Å². The van der Waals surface area contributed by atoms with Gasteiger partial charge in [-0.25, -0.2) is 0 Å². The Morgan fingerprint density at radius 2 is 1.94 bits per heavy atom. The minimum atomic E-state index is -1.40. The highest BCUT2D eigenvalue weighted by atomic mass is 19.1. The molecule has 0 aliphatic rings. The highest BCUT2D eigenvalue weighted by Gasteiger charge is 2.17. The number of Topliss-reactive ketones (excluding diaryl/α,β-unsaturated/α-hetero) is 1. The summed E-state index contributed by atoms with van der Waals surface area (Å²) in [6.45, 7) is 1.74. The fourth-order valence-electron chi connectivity index (χ4n) is 1.83. The van der Waals surface area contributed by atoms with Gasteiger partial charge in [-0.15, -0.1) is 0 Å². The second-order valence-electron chi connectivity index (χ2n) is 3.68. The maximum Gasteiger partial charge on any atom is 0.297 e. The number of oxime groups is 1. The molecule has 0 amide bonds. The number of hydrogen-bond acceptors (Lipinski definition) is 3. The van der Waals surface area contributed by atoms with Crippen LogP contribution in [0.4, 0.5) is 4.39 Å². The lowest BCUT2D eigenvalue weighted by Crippen LogP contribution is -2.10. The van der Waals surface area contributed by atoms with Crippen molar-refractivity contribution in [3.05, 3.63) is 47.5 Å². The zero-order valence-corrected chi connectivity index (χ0v) is 9.14. The van der Waals surface area contributed by atoms with Crippen LogP contribution >= 0.6 is 0 Å². The molecule has 0 aliphatic carbocycles. The Hall–Kier alpha value is -2.23. The fourth-order valence-corrected chi connectivity index (χ4v) is 1.83. The number of fused-ring (bicyclic) bond motifs is 1. The van der Waals surface area contributed by atoms with Gasteiger partial charge in [0.05, 0.1) is 0 Å². The molecule has 4 heteroatoms. The Balaban J connectivity index is 2.65. The molecule has 0 bridgehead atoms. The molecule has 0 spiro atoms. The zero-order chi connectivity index (χ0) is 12.4. The van der Waals surface area contributed by atoms with Crippen molar-refractivity contribution in [2.24, 2.45) is 5.16 Å². The van der Waals surface area contributed by atoms with Crippen molar-refractivity contribution in [2.75, 3.05) is 0 Å². The van der Waals surface area contributed by atoms with E-state index in [0.717, 1.165) is 10.8 Å². The quantitative estimate of drug-likeness (QED) is 0.373. The van der Waals surface area contributed by atoms with E-state index in [-0.39, 0.29) is 5.56 Å². The summed E-state index contributed by atoms with van der Waals surface area (Å²) in [4.78, 5) is 11.6. The minimum Gasteiger partial charge on any atom is -0.408 e. The van der Waals surface area contributed by atoms with Gasteiger partial charge in [0, 0.05) is 5.56 Å². The Bertz CT molecular complexity index is 620. The number of halogens is 1. The number of ketones is 1. The van der Waals surface area contributed by atoms with Crippen LogP contribution in [0.2, 0.25) is 0 Å². The Morgan fingerprint density at radius 3 is 2.65 bits per heavy atom. The van der Waals surface area contributed by atoms with Crippen LogP contribution in [0.25, 0.3) is 10.8 Å². The highest BCUT2D eigenvalue weighted by molar-refractivity contribution is 6.43. The number of nitrogens with zero attached hydrogens (tertiary/aromatic N) is 1. The number of carbonyl (C=O) groups excluding carboxylic acids is 1. The van der Waals surface area contributed by atoms with E-state index in [2.05, 4.69) is 5.16 Å². The smallest absolute Gasteiger partial charge is 0.297 e. The normalized spacial score (nSPS) is 11.8. The average molecular weight is 231 g/mol. The van der Waals surface area contributed by atoms with Crippen LogP contribution in [0, 0.1) is 6.92 Å². The molecular weight excluding hydrogens is 221 g/mol. The van der Waals surface area contributed by atoms with Crippen LogP contribution in [0.3, 0.4) is 0 Å². The molecule has 86 valence electrons. The summed E-state index contributed by atoms with van der Waals surface area (Å²) < 4.78 is 12.9. The molecule has 0 fully saturated rings. The van der Waals surface area contributed by atoms with Crippen molar-refractivity contribution in [3.8, 4) is 0 Å². The molecule has 17 heavy (non-hydrogen) atoms. The van der Waals surface area contributed by atoms with Gasteiger partial charge in [-0.3, -0.25) is 4.79 Å². The molecule has 0 heterocycles. The van der Waals surface area contributed by atoms with Crippen molar-refractivity contribution in [2.45, 2.75) is 6.92 Å². The highest BCUT2D eigenvalue weighted by Crippen LogP contribution is 2.22. The number of rotatable bonds is 2. The van der Waals surface area contributed by atoms with Crippen LogP contribution in [-0.2, 0) is 0 Å². The Kier molecular flexibility index (Phi) is 2.87. The molecule has 2 aromatic carbocycles. The summed E-state index contributed by atoms with van der Waals surface area (Å²) >= 11 is 0. The van der Waals surface area contributed by atoms with Crippen molar-refractivity contribution in [1.29, 1.82) is 0 Å². The number of aryl methyl sites for hydroxylation is 1. The van der Waals surface area contributed by atoms with Crippen LogP contribution in [0.5, 0.6) is 0 Å². The van der Waals surface area contributed by atoms with Gasteiger partial charge < -0.3 is 5.21 Å². The second kappa shape index (κ2) is 4.33. The predicted octanol–water partition coefficient (Wildman–Crippen LogP) is 3.09. The monoisotopic (exact) mass is 231 g/mol. The molecule has 3 nitrogen and oxygen atoms in total. The average Bonchev–Trinajstić information content (AvgIpc) is 2.38. The second-order valence-corrected chi connectivity index (χ2v) is 3.68. The molecule has 2 aromatic rings. The predicted molar refractivity (Wildman–Crippen MR) is 63.3 cm³/mol. The van der Waals surface area contributed by atoms with Crippen molar-refractivity contribution < 1.29 is 14.4 Å². The van der Waals surface area contributed by atoms with Gasteiger partial charge in [0.15, 0.2) is 0 Å². The third kappa shape index (κ3) is 1.89. The van der Waals surface area contributed by atoms with Gasteiger partial charge in [0.2, 0.25) is 5.78 Å². The summed E-state index contributed by atoms with van der Waals surface area (Å²) in [7, 11) is 0. The van der Waals surface area contributed by atoms with Gasteiger partial charge >= 0.3 is 0 Å². The lowest BCUT2D eigenvalue weighted by atomic mass is 9.98. The van der Waals surface area contributed by atoms with E-state index in [1.165, 1.54) is 6.07 Å². The van der Waals surface area contributed by atoms with Gasteiger partial charge in [-0.2, -0.15) is 4.39 Å². The van der Waals surface area contributed by atoms with E-state index < -0.39 is 11.7 Å². The SMILES string of the molecule is Cc1c(C(=O)C(F)=NO)ccc2ccccc12. The first-order chi connectivity index (χ1) is 8.15. The fraction of sp³-hybridized carbons (Fsp3) is 0.0769. The summed E-state index contributed by atoms with van der Waals surface area (Å²) in [5.74, 6) is -2.31. The van der Waals surface area contributed by atoms with Crippen molar-refractivity contribution in [3.63, 3.8) is 0 Å². The molecule has 0 radical (unpaired) electrons. The van der Waals surface area contributed by atoms with Gasteiger partial charge in [0.1, 0.15) is 0 Å². The number of benzene rings is 2. The molecule has 0 unspecified atom stereocenters. The maximum absolute atomic E-state index is 12.9. The number of hydrogen-bond donors (Lipinski definition) is 1. The summed E-state index contributed by atoms with van der Waals surface area (Å²) in [5.41, 5.74) is 0.880. The lowest BCUT2D eigenvalue weighted by molar-refractivity contribution is 0.104. The van der Waals surface area contributed by atoms with E-state index in [1.54, 1.807) is 13.0 Å². The lowest BCUT2D eigenvalue weighted by Gasteiger charge is -2.06. The van der Waals surface area contributed by atoms with Crippen LogP contribution < -0.4 is 0 Å².